The van der Waals surface area contributed by atoms with Gasteiger partial charge in [0.15, 0.2) is 0 Å². The van der Waals surface area contributed by atoms with E-state index in [-0.39, 0.29) is 17.9 Å². The van der Waals surface area contributed by atoms with Crippen molar-refractivity contribution in [3.05, 3.63) is 35.9 Å². The number of rotatable bonds is 8. The standard InChI is InChI=1S/C28H41F2N3O2/c29-25(30)20-31-27(34)26(21-16-18-32(19-17-21)23-12-6-2-7-13-23)33(24-14-8-3-9-15-24)28(35)22-10-4-1-5-11-22/h1,4-5,10-11,21,23-26H,2-3,6-9,12-20H2,(H,31,34). The molecule has 4 rings (SSSR count). The van der Waals surface area contributed by atoms with E-state index in [1.165, 1.54) is 32.1 Å². The molecule has 2 aliphatic carbocycles. The van der Waals surface area contributed by atoms with Gasteiger partial charge in [0.2, 0.25) is 5.91 Å². The zero-order chi connectivity index (χ0) is 24.6. The van der Waals surface area contributed by atoms with Crippen LogP contribution >= 0.6 is 0 Å². The minimum Gasteiger partial charge on any atom is -0.349 e. The summed E-state index contributed by atoms with van der Waals surface area (Å²) in [4.78, 5) is 31.7. The maximum atomic E-state index is 13.9. The van der Waals surface area contributed by atoms with Crippen LogP contribution in [0.15, 0.2) is 30.3 Å². The van der Waals surface area contributed by atoms with Crippen molar-refractivity contribution in [2.45, 2.75) is 102 Å². The van der Waals surface area contributed by atoms with E-state index < -0.39 is 24.9 Å². The van der Waals surface area contributed by atoms with Gasteiger partial charge in [-0.25, -0.2) is 8.78 Å². The third-order valence-electron chi connectivity index (χ3n) is 8.33. The van der Waals surface area contributed by atoms with Crippen molar-refractivity contribution in [3.63, 3.8) is 0 Å². The predicted molar refractivity (Wildman–Crippen MR) is 133 cm³/mol. The average molecular weight is 490 g/mol. The first kappa shape index (κ1) is 26.1. The Morgan fingerprint density at radius 1 is 0.886 bits per heavy atom. The van der Waals surface area contributed by atoms with Crippen LogP contribution in [-0.2, 0) is 4.79 Å². The first-order valence-corrected chi connectivity index (χ1v) is 13.7. The van der Waals surface area contributed by atoms with Gasteiger partial charge < -0.3 is 15.1 Å². The molecule has 1 aliphatic heterocycles. The smallest absolute Gasteiger partial charge is 0.255 e. The predicted octanol–water partition coefficient (Wildman–Crippen LogP) is 5.26. The largest absolute Gasteiger partial charge is 0.349 e. The monoisotopic (exact) mass is 489 g/mol. The quantitative estimate of drug-likeness (QED) is 0.542. The van der Waals surface area contributed by atoms with Crippen LogP contribution in [0.4, 0.5) is 8.78 Å². The number of nitrogens with zero attached hydrogens (tertiary/aromatic N) is 2. The summed E-state index contributed by atoms with van der Waals surface area (Å²) >= 11 is 0. The molecule has 1 heterocycles. The lowest BCUT2D eigenvalue weighted by Gasteiger charge is -2.46. The maximum absolute atomic E-state index is 13.9. The van der Waals surface area contributed by atoms with Gasteiger partial charge in [0.1, 0.15) is 6.04 Å². The molecule has 3 aliphatic rings. The van der Waals surface area contributed by atoms with E-state index in [4.69, 9.17) is 0 Å². The number of carbonyl (C=O) groups is 2. The fourth-order valence-electron chi connectivity index (χ4n) is 6.50. The molecule has 1 aromatic rings. The number of carbonyl (C=O) groups excluding carboxylic acids is 2. The highest BCUT2D eigenvalue weighted by Gasteiger charge is 2.42. The Bertz CT molecular complexity index is 802. The van der Waals surface area contributed by atoms with E-state index in [0.29, 0.717) is 11.6 Å². The van der Waals surface area contributed by atoms with Crippen molar-refractivity contribution in [2.24, 2.45) is 5.92 Å². The second-order valence-electron chi connectivity index (χ2n) is 10.6. The third-order valence-corrected chi connectivity index (χ3v) is 8.33. The van der Waals surface area contributed by atoms with Gasteiger partial charge in [-0.15, -0.1) is 0 Å². The van der Waals surface area contributed by atoms with Gasteiger partial charge in [-0.2, -0.15) is 0 Å². The van der Waals surface area contributed by atoms with Crippen LogP contribution in [0.3, 0.4) is 0 Å². The van der Waals surface area contributed by atoms with Crippen molar-refractivity contribution in [1.29, 1.82) is 0 Å². The summed E-state index contributed by atoms with van der Waals surface area (Å²) in [5.41, 5.74) is 0.560. The summed E-state index contributed by atoms with van der Waals surface area (Å²) in [6.07, 6.45) is 10.3. The van der Waals surface area contributed by atoms with Gasteiger partial charge in [-0.3, -0.25) is 9.59 Å². The Morgan fingerprint density at radius 3 is 2.09 bits per heavy atom. The minimum absolute atomic E-state index is 0.0258. The summed E-state index contributed by atoms with van der Waals surface area (Å²) in [5, 5.41) is 2.48. The molecule has 2 saturated carbocycles. The highest BCUT2D eigenvalue weighted by molar-refractivity contribution is 5.98. The number of piperidine rings is 1. The molecule has 7 heteroatoms. The van der Waals surface area contributed by atoms with Crippen LogP contribution < -0.4 is 5.32 Å². The molecule has 0 radical (unpaired) electrons. The molecule has 5 nitrogen and oxygen atoms in total. The lowest BCUT2D eigenvalue weighted by atomic mass is 9.83. The molecule has 3 fully saturated rings. The van der Waals surface area contributed by atoms with Gasteiger partial charge in [0, 0.05) is 17.6 Å². The molecular weight excluding hydrogens is 448 g/mol. The lowest BCUT2D eigenvalue weighted by Crippen LogP contribution is -2.59. The molecular formula is C28H41F2N3O2. The van der Waals surface area contributed by atoms with Crippen LogP contribution in [0.5, 0.6) is 0 Å². The van der Waals surface area contributed by atoms with E-state index >= 15 is 0 Å². The second kappa shape index (κ2) is 12.8. The second-order valence-corrected chi connectivity index (χ2v) is 10.6. The van der Waals surface area contributed by atoms with Crippen LogP contribution in [0.25, 0.3) is 0 Å². The fourth-order valence-corrected chi connectivity index (χ4v) is 6.50. The van der Waals surface area contributed by atoms with E-state index in [9.17, 15) is 18.4 Å². The molecule has 194 valence electrons. The molecule has 1 atom stereocenters. The highest BCUT2D eigenvalue weighted by Crippen LogP contribution is 2.34. The summed E-state index contributed by atoms with van der Waals surface area (Å²) in [6.45, 7) is 1.15. The van der Waals surface area contributed by atoms with E-state index in [1.807, 2.05) is 18.2 Å². The maximum Gasteiger partial charge on any atom is 0.255 e. The number of alkyl halides is 2. The topological polar surface area (TPSA) is 52.7 Å². The molecule has 1 unspecified atom stereocenters. The van der Waals surface area contributed by atoms with Crippen LogP contribution in [0.2, 0.25) is 0 Å². The van der Waals surface area contributed by atoms with E-state index in [0.717, 1.165) is 58.0 Å². The number of hydrogen-bond acceptors (Lipinski definition) is 3. The summed E-state index contributed by atoms with van der Waals surface area (Å²) in [6, 6.07) is 9.00. The summed E-state index contributed by atoms with van der Waals surface area (Å²) in [5.74, 6) is -0.595. The van der Waals surface area contributed by atoms with Gasteiger partial charge in [-0.05, 0) is 69.7 Å². The van der Waals surface area contributed by atoms with Crippen molar-refractivity contribution < 1.29 is 18.4 Å². The van der Waals surface area contributed by atoms with E-state index in [1.54, 1.807) is 17.0 Å². The minimum atomic E-state index is -2.61. The molecule has 0 spiro atoms. The zero-order valence-electron chi connectivity index (χ0n) is 20.8. The van der Waals surface area contributed by atoms with Crippen molar-refractivity contribution in [2.75, 3.05) is 19.6 Å². The fraction of sp³-hybridized carbons (Fsp3) is 0.714. The average Bonchev–Trinajstić information content (AvgIpc) is 2.91. The first-order chi connectivity index (χ1) is 17.0. The zero-order valence-corrected chi connectivity index (χ0v) is 20.8. The normalized spacial score (nSPS) is 22.1. The van der Waals surface area contributed by atoms with Gasteiger partial charge in [0.25, 0.3) is 12.3 Å². The Hall–Kier alpha value is -2.02. The van der Waals surface area contributed by atoms with Crippen LogP contribution in [-0.4, -0.2) is 65.8 Å². The van der Waals surface area contributed by atoms with Gasteiger partial charge >= 0.3 is 0 Å². The summed E-state index contributed by atoms with van der Waals surface area (Å²) in [7, 11) is 0. The molecule has 0 aromatic heterocycles. The van der Waals surface area contributed by atoms with Gasteiger partial charge in [0.05, 0.1) is 6.54 Å². The highest BCUT2D eigenvalue weighted by atomic mass is 19.3. The van der Waals surface area contributed by atoms with Gasteiger partial charge in [-0.1, -0.05) is 56.7 Å². The van der Waals surface area contributed by atoms with Crippen LogP contribution in [0.1, 0.15) is 87.4 Å². The number of hydrogen-bond donors (Lipinski definition) is 1. The Kier molecular flexibility index (Phi) is 9.52. The number of halogens is 2. The van der Waals surface area contributed by atoms with Crippen molar-refractivity contribution in [3.8, 4) is 0 Å². The Balaban J connectivity index is 1.58. The molecule has 1 N–H and O–H groups in total. The SMILES string of the molecule is O=C(NCC(F)F)C(C1CCN(C2CCCCC2)CC1)N(C(=O)c1ccccc1)C1CCCCC1. The van der Waals surface area contributed by atoms with Crippen molar-refractivity contribution in [1.82, 2.24) is 15.1 Å². The lowest BCUT2D eigenvalue weighted by molar-refractivity contribution is -0.130. The first-order valence-electron chi connectivity index (χ1n) is 13.7. The van der Waals surface area contributed by atoms with E-state index in [2.05, 4.69) is 10.2 Å². The third kappa shape index (κ3) is 6.81. The number of likely N-dealkylation sites (tertiary alicyclic amines) is 1. The van der Waals surface area contributed by atoms with Crippen LogP contribution in [0, 0.1) is 5.92 Å². The Labute approximate surface area is 208 Å². The molecule has 1 aromatic carbocycles. The number of benzene rings is 1. The molecule has 0 bridgehead atoms. The summed E-state index contributed by atoms with van der Waals surface area (Å²) < 4.78 is 26.1. The number of amides is 2. The van der Waals surface area contributed by atoms with Crippen molar-refractivity contribution >= 4 is 11.8 Å². The number of nitrogens with one attached hydrogen (secondary N) is 1. The Morgan fingerprint density at radius 2 is 1.49 bits per heavy atom. The molecule has 2 amide bonds. The molecule has 35 heavy (non-hydrogen) atoms. The molecule has 1 saturated heterocycles.